The van der Waals surface area contributed by atoms with Crippen LogP contribution in [0.25, 0.3) is 0 Å². The second-order valence-corrected chi connectivity index (χ2v) is 2.83. The molecule has 3 heteroatoms. The molecule has 0 rings (SSSR count). The SMILES string of the molecule is CCCNN(C)CCCCN. The lowest BCUT2D eigenvalue weighted by Gasteiger charge is -2.16. The number of hydrazine groups is 1. The van der Waals surface area contributed by atoms with Crippen molar-refractivity contribution in [1.82, 2.24) is 10.4 Å². The fourth-order valence-electron chi connectivity index (χ4n) is 0.875. The molecule has 0 heterocycles. The molecular formula is C8H21N3. The Kier molecular flexibility index (Phi) is 7.89. The first-order chi connectivity index (χ1) is 5.31. The Morgan fingerprint density at radius 1 is 1.36 bits per heavy atom. The lowest BCUT2D eigenvalue weighted by molar-refractivity contribution is 0.231. The molecule has 3 N–H and O–H groups in total. The van der Waals surface area contributed by atoms with Crippen LogP contribution >= 0.6 is 0 Å². The predicted molar refractivity (Wildman–Crippen MR) is 49.2 cm³/mol. The lowest BCUT2D eigenvalue weighted by Crippen LogP contribution is -2.35. The van der Waals surface area contributed by atoms with Gasteiger partial charge in [-0.05, 0) is 25.8 Å². The lowest BCUT2D eigenvalue weighted by atomic mass is 10.3. The Morgan fingerprint density at radius 2 is 2.09 bits per heavy atom. The van der Waals surface area contributed by atoms with Crippen molar-refractivity contribution in [2.24, 2.45) is 5.73 Å². The van der Waals surface area contributed by atoms with E-state index in [1.54, 1.807) is 0 Å². The zero-order chi connectivity index (χ0) is 8.53. The first-order valence-corrected chi connectivity index (χ1v) is 4.46. The molecule has 0 bridgehead atoms. The van der Waals surface area contributed by atoms with E-state index >= 15 is 0 Å². The molecule has 0 aromatic rings. The normalized spacial score (nSPS) is 10.9. The van der Waals surface area contributed by atoms with E-state index in [1.165, 1.54) is 12.8 Å². The van der Waals surface area contributed by atoms with Crippen LogP contribution in [0.4, 0.5) is 0 Å². The number of rotatable bonds is 7. The number of hydrogen-bond acceptors (Lipinski definition) is 3. The average molecular weight is 159 g/mol. The molecule has 3 nitrogen and oxygen atoms in total. The van der Waals surface area contributed by atoms with E-state index in [9.17, 15) is 0 Å². The maximum atomic E-state index is 5.38. The van der Waals surface area contributed by atoms with Crippen LogP contribution in [-0.4, -0.2) is 31.7 Å². The van der Waals surface area contributed by atoms with E-state index < -0.39 is 0 Å². The first kappa shape index (κ1) is 10.9. The van der Waals surface area contributed by atoms with Gasteiger partial charge in [0.1, 0.15) is 0 Å². The minimum atomic E-state index is 0.807. The monoisotopic (exact) mass is 159 g/mol. The molecule has 0 aromatic heterocycles. The molecular weight excluding hydrogens is 138 g/mol. The largest absolute Gasteiger partial charge is 0.330 e. The molecule has 0 unspecified atom stereocenters. The van der Waals surface area contributed by atoms with Gasteiger partial charge in [-0.15, -0.1) is 0 Å². The van der Waals surface area contributed by atoms with Gasteiger partial charge in [0.25, 0.3) is 0 Å². The van der Waals surface area contributed by atoms with Crippen LogP contribution in [0.1, 0.15) is 26.2 Å². The molecule has 0 spiro atoms. The van der Waals surface area contributed by atoms with Crippen LogP contribution in [0.5, 0.6) is 0 Å². The highest BCUT2D eigenvalue weighted by Gasteiger charge is 1.93. The third kappa shape index (κ3) is 7.78. The summed E-state index contributed by atoms with van der Waals surface area (Å²) >= 11 is 0. The second-order valence-electron chi connectivity index (χ2n) is 2.83. The summed E-state index contributed by atoms with van der Waals surface area (Å²) in [6.45, 7) is 5.14. The molecule has 68 valence electrons. The van der Waals surface area contributed by atoms with Gasteiger partial charge < -0.3 is 5.73 Å². The summed E-state index contributed by atoms with van der Waals surface area (Å²) in [6.07, 6.45) is 3.49. The number of unbranched alkanes of at least 4 members (excludes halogenated alkanes) is 1. The van der Waals surface area contributed by atoms with Gasteiger partial charge >= 0.3 is 0 Å². The molecule has 0 aliphatic rings. The van der Waals surface area contributed by atoms with Crippen LogP contribution < -0.4 is 11.2 Å². The van der Waals surface area contributed by atoms with Crippen molar-refractivity contribution in [2.75, 3.05) is 26.7 Å². The predicted octanol–water partition coefficient (Wildman–Crippen LogP) is 0.572. The highest BCUT2D eigenvalue weighted by Crippen LogP contribution is 1.87. The zero-order valence-corrected chi connectivity index (χ0v) is 7.77. The maximum absolute atomic E-state index is 5.38. The van der Waals surface area contributed by atoms with Crippen molar-refractivity contribution < 1.29 is 0 Å². The third-order valence-corrected chi connectivity index (χ3v) is 1.58. The standard InChI is InChI=1S/C8H21N3/c1-3-7-10-11(2)8-5-4-6-9/h10H,3-9H2,1-2H3. The molecule has 0 radical (unpaired) electrons. The summed E-state index contributed by atoms with van der Waals surface area (Å²) in [5.41, 5.74) is 8.66. The molecule has 11 heavy (non-hydrogen) atoms. The molecule has 0 amide bonds. The van der Waals surface area contributed by atoms with Gasteiger partial charge in [0.05, 0.1) is 0 Å². The fourth-order valence-corrected chi connectivity index (χ4v) is 0.875. The molecule has 0 aromatic carbocycles. The number of hydrogen-bond donors (Lipinski definition) is 2. The molecule has 0 saturated carbocycles. The summed E-state index contributed by atoms with van der Waals surface area (Å²) < 4.78 is 0. The zero-order valence-electron chi connectivity index (χ0n) is 7.77. The van der Waals surface area contributed by atoms with Crippen LogP contribution in [0, 0.1) is 0 Å². The highest BCUT2D eigenvalue weighted by molar-refractivity contribution is 4.47. The topological polar surface area (TPSA) is 41.3 Å². The van der Waals surface area contributed by atoms with Crippen molar-refractivity contribution >= 4 is 0 Å². The third-order valence-electron chi connectivity index (χ3n) is 1.58. The molecule has 0 saturated heterocycles. The Bertz CT molecular complexity index is 75.7. The minimum Gasteiger partial charge on any atom is -0.330 e. The summed E-state index contributed by atoms with van der Waals surface area (Å²) in [6, 6.07) is 0. The molecule has 0 fully saturated rings. The molecule has 0 atom stereocenters. The Hall–Kier alpha value is -0.120. The highest BCUT2D eigenvalue weighted by atomic mass is 15.5. The van der Waals surface area contributed by atoms with E-state index in [0.29, 0.717) is 0 Å². The number of nitrogens with zero attached hydrogens (tertiary/aromatic N) is 1. The number of nitrogens with one attached hydrogen (secondary N) is 1. The quantitative estimate of drug-likeness (QED) is 0.421. The van der Waals surface area contributed by atoms with Crippen molar-refractivity contribution in [3.63, 3.8) is 0 Å². The summed E-state index contributed by atoms with van der Waals surface area (Å²) in [5, 5.41) is 2.14. The summed E-state index contributed by atoms with van der Waals surface area (Å²) in [5.74, 6) is 0. The van der Waals surface area contributed by atoms with Gasteiger partial charge in [-0.1, -0.05) is 6.92 Å². The van der Waals surface area contributed by atoms with E-state index in [0.717, 1.165) is 26.1 Å². The Morgan fingerprint density at radius 3 is 2.64 bits per heavy atom. The van der Waals surface area contributed by atoms with Gasteiger partial charge in [-0.3, -0.25) is 5.43 Å². The first-order valence-electron chi connectivity index (χ1n) is 4.46. The van der Waals surface area contributed by atoms with Crippen molar-refractivity contribution in [2.45, 2.75) is 26.2 Å². The van der Waals surface area contributed by atoms with E-state index in [2.05, 4.69) is 24.4 Å². The van der Waals surface area contributed by atoms with Crippen LogP contribution in [-0.2, 0) is 0 Å². The summed E-state index contributed by atoms with van der Waals surface area (Å²) in [4.78, 5) is 0. The van der Waals surface area contributed by atoms with Crippen LogP contribution in [0.3, 0.4) is 0 Å². The average Bonchev–Trinajstić information content (AvgIpc) is 2.01. The van der Waals surface area contributed by atoms with Gasteiger partial charge in [-0.25, -0.2) is 5.01 Å². The van der Waals surface area contributed by atoms with Crippen molar-refractivity contribution in [3.05, 3.63) is 0 Å². The smallest absolute Gasteiger partial charge is 0.0128 e. The summed E-state index contributed by atoms with van der Waals surface area (Å²) in [7, 11) is 2.08. The van der Waals surface area contributed by atoms with E-state index in [-0.39, 0.29) is 0 Å². The van der Waals surface area contributed by atoms with Gasteiger partial charge in [0, 0.05) is 20.1 Å². The number of nitrogens with two attached hydrogens (primary N) is 1. The van der Waals surface area contributed by atoms with Gasteiger partial charge in [0.2, 0.25) is 0 Å². The van der Waals surface area contributed by atoms with E-state index in [1.807, 2.05) is 0 Å². The fraction of sp³-hybridized carbons (Fsp3) is 1.00. The van der Waals surface area contributed by atoms with Crippen LogP contribution in [0.15, 0.2) is 0 Å². The van der Waals surface area contributed by atoms with Crippen molar-refractivity contribution in [3.8, 4) is 0 Å². The van der Waals surface area contributed by atoms with E-state index in [4.69, 9.17) is 5.73 Å². The van der Waals surface area contributed by atoms with Crippen molar-refractivity contribution in [1.29, 1.82) is 0 Å². The molecule has 0 aliphatic carbocycles. The second kappa shape index (κ2) is 7.98. The Labute approximate surface area is 69.9 Å². The molecule has 0 aliphatic heterocycles. The van der Waals surface area contributed by atoms with Gasteiger partial charge in [0.15, 0.2) is 0 Å². The van der Waals surface area contributed by atoms with Crippen LogP contribution in [0.2, 0.25) is 0 Å². The Balaban J connectivity index is 3.02. The minimum absolute atomic E-state index is 0.807. The maximum Gasteiger partial charge on any atom is 0.0128 e. The van der Waals surface area contributed by atoms with Gasteiger partial charge in [-0.2, -0.15) is 0 Å².